The molecule has 126 valence electrons. The number of nitrogens with one attached hydrogen (secondary N) is 2. The number of halogens is 1. The lowest BCUT2D eigenvalue weighted by Crippen LogP contribution is -2.29. The molecule has 1 aliphatic carbocycles. The van der Waals surface area contributed by atoms with Gasteiger partial charge in [0.25, 0.3) is 0 Å². The Morgan fingerprint density at radius 1 is 1.17 bits per heavy atom. The van der Waals surface area contributed by atoms with E-state index >= 15 is 0 Å². The minimum absolute atomic E-state index is 0.114. The SMILES string of the molecule is COc1ccc2c(c1NCC(=O)NCc1ccc(F)cc1)CCC2. The van der Waals surface area contributed by atoms with Gasteiger partial charge in [-0.15, -0.1) is 0 Å². The van der Waals surface area contributed by atoms with Crippen molar-refractivity contribution in [2.24, 2.45) is 0 Å². The summed E-state index contributed by atoms with van der Waals surface area (Å²) >= 11 is 0. The predicted octanol–water partition coefficient (Wildman–Crippen LogP) is 3.05. The Morgan fingerprint density at radius 3 is 2.71 bits per heavy atom. The number of carbonyl (C=O) groups excluding carboxylic acids is 1. The Kier molecular flexibility index (Phi) is 4.99. The standard InChI is InChI=1S/C19H21FN2O2/c1-24-17-10-7-14-3-2-4-16(14)19(17)22-12-18(23)21-11-13-5-8-15(20)9-6-13/h5-10,22H,2-4,11-12H2,1H3,(H,21,23). The van der Waals surface area contributed by atoms with Crippen LogP contribution in [0.2, 0.25) is 0 Å². The van der Waals surface area contributed by atoms with Crippen molar-refractivity contribution in [3.8, 4) is 5.75 Å². The van der Waals surface area contributed by atoms with Gasteiger partial charge in [0.1, 0.15) is 11.6 Å². The van der Waals surface area contributed by atoms with E-state index in [-0.39, 0.29) is 18.3 Å². The average molecular weight is 328 g/mol. The Balaban J connectivity index is 1.58. The van der Waals surface area contributed by atoms with Crippen molar-refractivity contribution in [2.75, 3.05) is 19.0 Å². The quantitative estimate of drug-likeness (QED) is 0.857. The van der Waals surface area contributed by atoms with Gasteiger partial charge in [-0.25, -0.2) is 4.39 Å². The van der Waals surface area contributed by atoms with Crippen LogP contribution in [0, 0.1) is 5.82 Å². The molecule has 1 amide bonds. The maximum Gasteiger partial charge on any atom is 0.239 e. The number of methoxy groups -OCH3 is 1. The second-order valence-corrected chi connectivity index (χ2v) is 5.89. The summed E-state index contributed by atoms with van der Waals surface area (Å²) in [6.07, 6.45) is 3.21. The largest absolute Gasteiger partial charge is 0.495 e. The van der Waals surface area contributed by atoms with Gasteiger partial charge in [0.15, 0.2) is 0 Å². The van der Waals surface area contributed by atoms with Crippen LogP contribution < -0.4 is 15.4 Å². The Hall–Kier alpha value is -2.56. The summed E-state index contributed by atoms with van der Waals surface area (Å²) in [5, 5.41) is 6.04. The van der Waals surface area contributed by atoms with E-state index in [2.05, 4.69) is 16.7 Å². The number of hydrogen-bond donors (Lipinski definition) is 2. The minimum atomic E-state index is -0.281. The Labute approximate surface area is 141 Å². The van der Waals surface area contributed by atoms with Crippen LogP contribution in [0.1, 0.15) is 23.1 Å². The van der Waals surface area contributed by atoms with Crippen molar-refractivity contribution >= 4 is 11.6 Å². The van der Waals surface area contributed by atoms with E-state index in [1.54, 1.807) is 19.2 Å². The van der Waals surface area contributed by atoms with Crippen molar-refractivity contribution in [1.29, 1.82) is 0 Å². The molecule has 0 fully saturated rings. The van der Waals surface area contributed by atoms with Crippen molar-refractivity contribution in [3.05, 3.63) is 58.9 Å². The van der Waals surface area contributed by atoms with Crippen molar-refractivity contribution in [2.45, 2.75) is 25.8 Å². The lowest BCUT2D eigenvalue weighted by molar-refractivity contribution is -0.119. The van der Waals surface area contributed by atoms with Gasteiger partial charge in [-0.2, -0.15) is 0 Å². The number of anilines is 1. The fourth-order valence-corrected chi connectivity index (χ4v) is 3.04. The summed E-state index contributed by atoms with van der Waals surface area (Å²) in [7, 11) is 1.64. The first kappa shape index (κ1) is 16.3. The highest BCUT2D eigenvalue weighted by Gasteiger charge is 2.18. The zero-order chi connectivity index (χ0) is 16.9. The van der Waals surface area contributed by atoms with Crippen LogP contribution >= 0.6 is 0 Å². The van der Waals surface area contributed by atoms with Crippen molar-refractivity contribution in [3.63, 3.8) is 0 Å². The third kappa shape index (κ3) is 3.67. The zero-order valence-corrected chi connectivity index (χ0v) is 13.7. The maximum atomic E-state index is 12.9. The molecule has 0 radical (unpaired) electrons. The molecule has 0 unspecified atom stereocenters. The van der Waals surface area contributed by atoms with E-state index in [9.17, 15) is 9.18 Å². The fourth-order valence-electron chi connectivity index (χ4n) is 3.04. The molecule has 2 aromatic carbocycles. The van der Waals surface area contributed by atoms with E-state index in [0.717, 1.165) is 36.3 Å². The summed E-state index contributed by atoms with van der Waals surface area (Å²) in [4.78, 5) is 12.1. The maximum absolute atomic E-state index is 12.9. The van der Waals surface area contributed by atoms with Crippen LogP contribution in [0.25, 0.3) is 0 Å². The molecule has 0 bridgehead atoms. The number of benzene rings is 2. The summed E-state index contributed by atoms with van der Waals surface area (Å²) in [5.41, 5.74) is 4.36. The van der Waals surface area contributed by atoms with Crippen LogP contribution in [0.15, 0.2) is 36.4 Å². The zero-order valence-electron chi connectivity index (χ0n) is 13.7. The topological polar surface area (TPSA) is 50.4 Å². The molecule has 0 aliphatic heterocycles. The summed E-state index contributed by atoms with van der Waals surface area (Å²) in [6.45, 7) is 0.554. The van der Waals surface area contributed by atoms with E-state index in [1.165, 1.54) is 23.3 Å². The molecule has 4 nitrogen and oxygen atoms in total. The van der Waals surface area contributed by atoms with Gasteiger partial charge in [0, 0.05) is 6.54 Å². The number of ether oxygens (including phenoxy) is 1. The van der Waals surface area contributed by atoms with Gasteiger partial charge in [-0.05, 0) is 54.2 Å². The van der Waals surface area contributed by atoms with Crippen molar-refractivity contribution in [1.82, 2.24) is 5.32 Å². The van der Waals surface area contributed by atoms with Crippen molar-refractivity contribution < 1.29 is 13.9 Å². The summed E-state index contributed by atoms with van der Waals surface area (Å²) in [5.74, 6) is 0.371. The first-order chi connectivity index (χ1) is 11.7. The first-order valence-electron chi connectivity index (χ1n) is 8.11. The lowest BCUT2D eigenvalue weighted by atomic mass is 10.1. The molecule has 0 spiro atoms. The second-order valence-electron chi connectivity index (χ2n) is 5.89. The molecule has 0 heterocycles. The predicted molar refractivity (Wildman–Crippen MR) is 91.8 cm³/mol. The third-order valence-corrected chi connectivity index (χ3v) is 4.29. The van der Waals surface area contributed by atoms with E-state index in [1.807, 2.05) is 6.07 Å². The van der Waals surface area contributed by atoms with Crippen LogP contribution in [0.3, 0.4) is 0 Å². The normalized spacial score (nSPS) is 12.6. The number of amides is 1. The molecule has 2 N–H and O–H groups in total. The van der Waals surface area contributed by atoms with Gasteiger partial charge in [-0.1, -0.05) is 18.2 Å². The molecular formula is C19H21FN2O2. The number of aryl methyl sites for hydroxylation is 1. The molecule has 0 saturated carbocycles. The molecular weight excluding hydrogens is 307 g/mol. The van der Waals surface area contributed by atoms with E-state index in [0.29, 0.717) is 6.54 Å². The van der Waals surface area contributed by atoms with Gasteiger partial charge >= 0.3 is 0 Å². The number of fused-ring (bicyclic) bond motifs is 1. The highest BCUT2D eigenvalue weighted by molar-refractivity contribution is 5.82. The third-order valence-electron chi connectivity index (χ3n) is 4.29. The Morgan fingerprint density at radius 2 is 1.96 bits per heavy atom. The van der Waals surface area contributed by atoms with Crippen LogP contribution in [-0.4, -0.2) is 19.6 Å². The van der Waals surface area contributed by atoms with Crippen LogP contribution in [0.4, 0.5) is 10.1 Å². The molecule has 24 heavy (non-hydrogen) atoms. The van der Waals surface area contributed by atoms with Gasteiger partial charge in [0.2, 0.25) is 5.91 Å². The first-order valence-corrected chi connectivity index (χ1v) is 8.11. The highest BCUT2D eigenvalue weighted by atomic mass is 19.1. The second kappa shape index (κ2) is 7.34. The molecule has 0 saturated heterocycles. The molecule has 2 aromatic rings. The van der Waals surface area contributed by atoms with Gasteiger partial charge < -0.3 is 15.4 Å². The van der Waals surface area contributed by atoms with Crippen LogP contribution in [-0.2, 0) is 24.2 Å². The van der Waals surface area contributed by atoms with E-state index in [4.69, 9.17) is 4.74 Å². The van der Waals surface area contributed by atoms with E-state index < -0.39 is 0 Å². The smallest absolute Gasteiger partial charge is 0.239 e. The summed E-state index contributed by atoms with van der Waals surface area (Å²) < 4.78 is 18.3. The van der Waals surface area contributed by atoms with Gasteiger partial charge in [0.05, 0.1) is 19.3 Å². The van der Waals surface area contributed by atoms with Gasteiger partial charge in [-0.3, -0.25) is 4.79 Å². The minimum Gasteiger partial charge on any atom is -0.495 e. The molecule has 0 aromatic heterocycles. The molecule has 5 heteroatoms. The lowest BCUT2D eigenvalue weighted by Gasteiger charge is -2.15. The Bertz CT molecular complexity index is 729. The monoisotopic (exact) mass is 328 g/mol. The average Bonchev–Trinajstić information content (AvgIpc) is 3.08. The molecule has 1 aliphatic rings. The summed E-state index contributed by atoms with van der Waals surface area (Å²) in [6, 6.07) is 10.1. The number of hydrogen-bond acceptors (Lipinski definition) is 3. The number of carbonyl (C=O) groups is 1. The highest BCUT2D eigenvalue weighted by Crippen LogP contribution is 2.36. The fraction of sp³-hybridized carbons (Fsp3) is 0.316. The van der Waals surface area contributed by atoms with Crippen LogP contribution in [0.5, 0.6) is 5.75 Å². The molecule has 3 rings (SSSR count). The number of rotatable bonds is 6. The molecule has 0 atom stereocenters.